The van der Waals surface area contributed by atoms with Crippen LogP contribution >= 0.6 is 11.5 Å². The van der Waals surface area contributed by atoms with Crippen LogP contribution in [-0.2, 0) is 0 Å². The van der Waals surface area contributed by atoms with Crippen molar-refractivity contribution in [3.63, 3.8) is 0 Å². The van der Waals surface area contributed by atoms with Gasteiger partial charge in [-0.2, -0.15) is 0 Å². The topological polar surface area (TPSA) is 25.8 Å². The van der Waals surface area contributed by atoms with Crippen molar-refractivity contribution in [2.24, 2.45) is 0 Å². The van der Waals surface area contributed by atoms with Gasteiger partial charge in [0.15, 0.2) is 0 Å². The third kappa shape index (κ3) is 1.88. The molecule has 2 rings (SSSR count). The van der Waals surface area contributed by atoms with Crippen LogP contribution in [0.5, 0.6) is 0 Å². The van der Waals surface area contributed by atoms with Crippen molar-refractivity contribution >= 4 is 17.6 Å². The van der Waals surface area contributed by atoms with E-state index in [1.165, 1.54) is 17.1 Å². The predicted molar refractivity (Wildman–Crippen MR) is 60.1 cm³/mol. The van der Waals surface area contributed by atoms with Gasteiger partial charge in [-0.25, -0.2) is 0 Å². The molecule has 0 bridgehead atoms. The molecule has 1 heterocycles. The third-order valence-corrected chi connectivity index (χ3v) is 2.43. The Balaban J connectivity index is 2.31. The Labute approximate surface area is 87.1 Å². The zero-order valence-corrected chi connectivity index (χ0v) is 8.66. The number of allylic oxidation sites excluding steroid dienone is 1. The van der Waals surface area contributed by atoms with Crippen LogP contribution in [0.25, 0.3) is 17.3 Å². The molecule has 0 radical (unpaired) electrons. The summed E-state index contributed by atoms with van der Waals surface area (Å²) in [6.45, 7) is 2.01. The van der Waals surface area contributed by atoms with Crippen LogP contribution in [0.15, 0.2) is 35.7 Å². The summed E-state index contributed by atoms with van der Waals surface area (Å²) < 4.78 is 3.83. The molecule has 0 saturated heterocycles. The van der Waals surface area contributed by atoms with Crippen molar-refractivity contribution in [1.29, 1.82) is 0 Å². The molecule has 2 aromatic rings. The van der Waals surface area contributed by atoms with Gasteiger partial charge in [-0.3, -0.25) is 0 Å². The molecule has 0 spiro atoms. The number of rotatable bonds is 2. The van der Waals surface area contributed by atoms with Crippen LogP contribution in [0.3, 0.4) is 0 Å². The Morgan fingerprint density at radius 2 is 2.00 bits per heavy atom. The van der Waals surface area contributed by atoms with E-state index < -0.39 is 0 Å². The summed E-state index contributed by atoms with van der Waals surface area (Å²) in [4.78, 5) is 0. The highest BCUT2D eigenvalue weighted by Gasteiger charge is 1.98. The molecule has 3 heteroatoms. The molecule has 14 heavy (non-hydrogen) atoms. The number of benzene rings is 1. The van der Waals surface area contributed by atoms with Crippen LogP contribution in [0, 0.1) is 0 Å². The molecule has 0 unspecified atom stereocenters. The van der Waals surface area contributed by atoms with Crippen LogP contribution < -0.4 is 0 Å². The molecule has 0 saturated carbocycles. The normalized spacial score (nSPS) is 10.9. The lowest BCUT2D eigenvalue weighted by atomic mass is 10.1. The van der Waals surface area contributed by atoms with Crippen LogP contribution in [0.4, 0.5) is 0 Å². The van der Waals surface area contributed by atoms with E-state index in [0.29, 0.717) is 0 Å². The maximum Gasteiger partial charge on any atom is 0.105 e. The second kappa shape index (κ2) is 4.15. The lowest BCUT2D eigenvalue weighted by Crippen LogP contribution is -1.78. The van der Waals surface area contributed by atoms with Gasteiger partial charge in [-0.15, -0.1) is 5.10 Å². The van der Waals surface area contributed by atoms with E-state index in [2.05, 4.69) is 39.9 Å². The SMILES string of the molecule is C/C=C\c1ccc(-c2csnn2)cc1. The number of aromatic nitrogens is 2. The zero-order chi connectivity index (χ0) is 9.80. The average Bonchev–Trinajstić information content (AvgIpc) is 2.72. The first-order valence-corrected chi connectivity index (χ1v) is 5.24. The first-order chi connectivity index (χ1) is 6.90. The smallest absolute Gasteiger partial charge is 0.105 e. The van der Waals surface area contributed by atoms with Gasteiger partial charge in [0.25, 0.3) is 0 Å². The van der Waals surface area contributed by atoms with Crippen molar-refractivity contribution in [3.05, 3.63) is 41.3 Å². The summed E-state index contributed by atoms with van der Waals surface area (Å²) in [5, 5.41) is 5.96. The lowest BCUT2D eigenvalue weighted by Gasteiger charge is -1.96. The Morgan fingerprint density at radius 1 is 1.21 bits per heavy atom. The molecule has 70 valence electrons. The molecule has 0 aliphatic rings. The van der Waals surface area contributed by atoms with E-state index in [-0.39, 0.29) is 0 Å². The van der Waals surface area contributed by atoms with Crippen LogP contribution in [-0.4, -0.2) is 9.59 Å². The monoisotopic (exact) mass is 202 g/mol. The molecule has 0 N–H and O–H groups in total. The van der Waals surface area contributed by atoms with E-state index >= 15 is 0 Å². The fourth-order valence-corrected chi connectivity index (χ4v) is 1.71. The van der Waals surface area contributed by atoms with Crippen molar-refractivity contribution in [2.75, 3.05) is 0 Å². The van der Waals surface area contributed by atoms with Crippen LogP contribution in [0.2, 0.25) is 0 Å². The third-order valence-electron chi connectivity index (χ3n) is 1.93. The highest BCUT2D eigenvalue weighted by Crippen LogP contribution is 2.18. The summed E-state index contributed by atoms with van der Waals surface area (Å²) in [6.07, 6.45) is 4.10. The molecule has 0 aliphatic heterocycles. The maximum atomic E-state index is 4.01. The maximum absolute atomic E-state index is 4.01. The van der Waals surface area contributed by atoms with Crippen molar-refractivity contribution in [1.82, 2.24) is 9.59 Å². The minimum Gasteiger partial charge on any atom is -0.138 e. The summed E-state index contributed by atoms with van der Waals surface area (Å²) >= 11 is 1.37. The Morgan fingerprint density at radius 3 is 2.57 bits per heavy atom. The first-order valence-electron chi connectivity index (χ1n) is 4.40. The molecule has 1 aromatic carbocycles. The van der Waals surface area contributed by atoms with Gasteiger partial charge in [0.2, 0.25) is 0 Å². The van der Waals surface area contributed by atoms with Crippen molar-refractivity contribution in [2.45, 2.75) is 6.92 Å². The van der Waals surface area contributed by atoms with E-state index in [1.54, 1.807) is 0 Å². The average molecular weight is 202 g/mol. The van der Waals surface area contributed by atoms with Gasteiger partial charge in [0.1, 0.15) is 5.69 Å². The predicted octanol–water partition coefficient (Wildman–Crippen LogP) is 3.24. The minimum atomic E-state index is 0.946. The molecular formula is C11H10N2S. The summed E-state index contributed by atoms with van der Waals surface area (Å²) in [7, 11) is 0. The quantitative estimate of drug-likeness (QED) is 0.747. The van der Waals surface area contributed by atoms with Gasteiger partial charge in [-0.1, -0.05) is 40.9 Å². The highest BCUT2D eigenvalue weighted by atomic mass is 32.1. The van der Waals surface area contributed by atoms with Gasteiger partial charge in [0.05, 0.1) is 0 Å². The summed E-state index contributed by atoms with van der Waals surface area (Å²) in [6, 6.07) is 8.28. The standard InChI is InChI=1S/C11H10N2S/c1-2-3-9-4-6-10(7-5-9)11-8-14-13-12-11/h2-8H,1H3/b3-2-. The fourth-order valence-electron chi connectivity index (χ4n) is 1.25. The molecule has 0 aliphatic carbocycles. The van der Waals surface area contributed by atoms with Gasteiger partial charge in [0, 0.05) is 10.9 Å². The number of hydrogen-bond donors (Lipinski definition) is 0. The van der Waals surface area contributed by atoms with Crippen molar-refractivity contribution in [3.8, 4) is 11.3 Å². The Hall–Kier alpha value is -1.48. The van der Waals surface area contributed by atoms with Crippen molar-refractivity contribution < 1.29 is 0 Å². The highest BCUT2D eigenvalue weighted by molar-refractivity contribution is 7.03. The van der Waals surface area contributed by atoms with E-state index in [1.807, 2.05) is 18.4 Å². The molecule has 2 nitrogen and oxygen atoms in total. The second-order valence-electron chi connectivity index (χ2n) is 2.91. The van der Waals surface area contributed by atoms with E-state index in [4.69, 9.17) is 0 Å². The molecular weight excluding hydrogens is 192 g/mol. The fraction of sp³-hybridized carbons (Fsp3) is 0.0909. The van der Waals surface area contributed by atoms with Gasteiger partial charge < -0.3 is 0 Å². The van der Waals surface area contributed by atoms with Crippen LogP contribution in [0.1, 0.15) is 12.5 Å². The largest absolute Gasteiger partial charge is 0.138 e. The lowest BCUT2D eigenvalue weighted by molar-refractivity contribution is 1.16. The minimum absolute atomic E-state index is 0.946. The number of nitrogens with zero attached hydrogens (tertiary/aromatic N) is 2. The Bertz CT molecular complexity index is 415. The Kier molecular flexibility index (Phi) is 2.70. The number of hydrogen-bond acceptors (Lipinski definition) is 3. The second-order valence-corrected chi connectivity index (χ2v) is 3.52. The first kappa shape index (κ1) is 9.09. The molecule has 1 aromatic heterocycles. The molecule has 0 amide bonds. The zero-order valence-electron chi connectivity index (χ0n) is 7.84. The summed E-state index contributed by atoms with van der Waals surface area (Å²) in [5.74, 6) is 0. The molecule has 0 fully saturated rings. The summed E-state index contributed by atoms with van der Waals surface area (Å²) in [5.41, 5.74) is 3.27. The van der Waals surface area contributed by atoms with E-state index in [0.717, 1.165) is 11.3 Å². The van der Waals surface area contributed by atoms with Gasteiger partial charge >= 0.3 is 0 Å². The van der Waals surface area contributed by atoms with Gasteiger partial charge in [-0.05, 0) is 24.0 Å². The molecule has 0 atom stereocenters. The van der Waals surface area contributed by atoms with E-state index in [9.17, 15) is 0 Å².